The number of primary amides is 1. The lowest BCUT2D eigenvalue weighted by Crippen LogP contribution is -2.49. The largest absolute Gasteiger partial charge is 0.424 e. The third kappa shape index (κ3) is 1.99. The van der Waals surface area contributed by atoms with E-state index in [4.69, 9.17) is 22.1 Å². The van der Waals surface area contributed by atoms with E-state index < -0.39 is 11.8 Å². The number of halogens is 1. The highest BCUT2D eigenvalue weighted by atomic mass is 35.5. The Labute approximate surface area is 98.7 Å². The summed E-state index contributed by atoms with van der Waals surface area (Å²) in [7, 11) is 0. The molecule has 0 saturated heterocycles. The molecule has 0 bridgehead atoms. The number of rotatable bonds is 1. The van der Waals surface area contributed by atoms with Crippen LogP contribution in [0.25, 0.3) is 0 Å². The van der Waals surface area contributed by atoms with E-state index in [1.807, 2.05) is 12.1 Å². The molecule has 0 spiro atoms. The van der Waals surface area contributed by atoms with Gasteiger partial charge >= 0.3 is 6.09 Å². The molecule has 1 aliphatic rings. The van der Waals surface area contributed by atoms with Crippen LogP contribution in [0.4, 0.5) is 4.79 Å². The molecule has 1 unspecified atom stereocenters. The van der Waals surface area contributed by atoms with Crippen molar-refractivity contribution in [3.63, 3.8) is 0 Å². The molecule has 1 atom stereocenters. The van der Waals surface area contributed by atoms with Gasteiger partial charge in [0.15, 0.2) is 5.72 Å². The highest BCUT2D eigenvalue weighted by Gasteiger charge is 2.35. The average molecular weight is 241 g/mol. The summed E-state index contributed by atoms with van der Waals surface area (Å²) in [4.78, 5) is 10.9. The van der Waals surface area contributed by atoms with Crippen molar-refractivity contribution in [3.8, 4) is 0 Å². The first-order valence-electron chi connectivity index (χ1n) is 5.04. The van der Waals surface area contributed by atoms with E-state index >= 15 is 0 Å². The predicted octanol–water partition coefficient (Wildman–Crippen LogP) is 1.75. The predicted molar refractivity (Wildman–Crippen MR) is 61.2 cm³/mol. The van der Waals surface area contributed by atoms with Crippen molar-refractivity contribution in [3.05, 3.63) is 34.3 Å². The molecular weight excluding hydrogens is 228 g/mol. The second kappa shape index (κ2) is 3.96. The van der Waals surface area contributed by atoms with Gasteiger partial charge in [-0.25, -0.2) is 4.79 Å². The van der Waals surface area contributed by atoms with Gasteiger partial charge < -0.3 is 10.5 Å². The zero-order chi connectivity index (χ0) is 11.8. The molecule has 0 saturated carbocycles. The Morgan fingerprint density at radius 3 is 3.06 bits per heavy atom. The van der Waals surface area contributed by atoms with Crippen molar-refractivity contribution in [2.45, 2.75) is 19.1 Å². The fourth-order valence-electron chi connectivity index (χ4n) is 2.03. The quantitative estimate of drug-likeness (QED) is 0.786. The molecule has 3 N–H and O–H groups in total. The van der Waals surface area contributed by atoms with Crippen molar-refractivity contribution in [2.24, 2.45) is 5.73 Å². The number of benzene rings is 1. The highest BCUT2D eigenvalue weighted by molar-refractivity contribution is 6.30. The Hall–Kier alpha value is -1.26. The van der Waals surface area contributed by atoms with Gasteiger partial charge in [0, 0.05) is 17.1 Å². The minimum Gasteiger partial charge on any atom is -0.424 e. The van der Waals surface area contributed by atoms with Crippen LogP contribution in [0.2, 0.25) is 5.02 Å². The number of fused-ring (bicyclic) bond motifs is 1. The van der Waals surface area contributed by atoms with Crippen LogP contribution in [0.5, 0.6) is 0 Å². The second-order valence-corrected chi connectivity index (χ2v) is 4.37. The molecule has 2 rings (SSSR count). The van der Waals surface area contributed by atoms with Crippen molar-refractivity contribution in [2.75, 3.05) is 6.54 Å². The number of hydrogen-bond donors (Lipinski definition) is 2. The Kier molecular flexibility index (Phi) is 2.78. The molecule has 0 aliphatic carbocycles. The molecule has 86 valence electrons. The number of nitrogens with two attached hydrogens (primary N) is 1. The van der Waals surface area contributed by atoms with Crippen LogP contribution in [-0.4, -0.2) is 12.6 Å². The molecule has 4 nitrogen and oxygen atoms in total. The fourth-order valence-corrected chi connectivity index (χ4v) is 2.21. The maximum atomic E-state index is 10.9. The van der Waals surface area contributed by atoms with Gasteiger partial charge in [0.2, 0.25) is 0 Å². The van der Waals surface area contributed by atoms with Crippen LogP contribution in [0.1, 0.15) is 18.1 Å². The average Bonchev–Trinajstić information content (AvgIpc) is 2.18. The third-order valence-corrected chi connectivity index (χ3v) is 2.98. The summed E-state index contributed by atoms with van der Waals surface area (Å²) in [6.07, 6.45) is 0.0762. The third-order valence-electron chi connectivity index (χ3n) is 2.75. The first-order valence-corrected chi connectivity index (χ1v) is 5.41. The Balaban J connectivity index is 2.45. The Morgan fingerprint density at radius 2 is 2.38 bits per heavy atom. The van der Waals surface area contributed by atoms with Gasteiger partial charge in [-0.15, -0.1) is 0 Å². The maximum absolute atomic E-state index is 10.9. The summed E-state index contributed by atoms with van der Waals surface area (Å²) in [6.45, 7) is 2.50. The highest BCUT2D eigenvalue weighted by Crippen LogP contribution is 2.31. The lowest BCUT2D eigenvalue weighted by Gasteiger charge is -2.35. The van der Waals surface area contributed by atoms with E-state index in [9.17, 15) is 4.79 Å². The van der Waals surface area contributed by atoms with Crippen molar-refractivity contribution >= 4 is 17.7 Å². The monoisotopic (exact) mass is 240 g/mol. The number of ether oxygens (including phenoxy) is 1. The van der Waals surface area contributed by atoms with Gasteiger partial charge in [0.25, 0.3) is 0 Å². The van der Waals surface area contributed by atoms with Crippen LogP contribution >= 0.6 is 11.6 Å². The maximum Gasteiger partial charge on any atom is 0.406 e. The lowest BCUT2D eigenvalue weighted by molar-refractivity contribution is -0.00508. The van der Waals surface area contributed by atoms with Crippen LogP contribution in [0.3, 0.4) is 0 Å². The van der Waals surface area contributed by atoms with Gasteiger partial charge in [-0.05, 0) is 31.0 Å². The van der Waals surface area contributed by atoms with E-state index in [2.05, 4.69) is 5.32 Å². The molecule has 1 heterocycles. The van der Waals surface area contributed by atoms with Crippen molar-refractivity contribution in [1.29, 1.82) is 0 Å². The minimum atomic E-state index is -0.885. The molecule has 0 fully saturated rings. The van der Waals surface area contributed by atoms with Gasteiger partial charge in [0.05, 0.1) is 0 Å². The van der Waals surface area contributed by atoms with E-state index in [1.165, 1.54) is 0 Å². The molecule has 1 aromatic carbocycles. The Morgan fingerprint density at radius 1 is 1.62 bits per heavy atom. The zero-order valence-corrected chi connectivity index (χ0v) is 9.67. The normalized spacial score (nSPS) is 23.6. The standard InChI is InChI=1S/C11H13ClN2O2/c1-11(16-10(13)15)9-6-8(12)3-2-7(9)4-5-14-11/h2-3,6,14H,4-5H2,1H3,(H2,13,15). The summed E-state index contributed by atoms with van der Waals surface area (Å²) in [6, 6.07) is 5.57. The van der Waals surface area contributed by atoms with Crippen LogP contribution in [0, 0.1) is 0 Å². The number of nitrogens with one attached hydrogen (secondary N) is 1. The smallest absolute Gasteiger partial charge is 0.406 e. The summed E-state index contributed by atoms with van der Waals surface area (Å²) in [5.41, 5.74) is 6.17. The van der Waals surface area contributed by atoms with Gasteiger partial charge in [-0.3, -0.25) is 5.32 Å². The molecule has 0 aromatic heterocycles. The van der Waals surface area contributed by atoms with Gasteiger partial charge in [0.1, 0.15) is 0 Å². The Bertz CT molecular complexity index is 436. The first kappa shape index (κ1) is 11.2. The summed E-state index contributed by atoms with van der Waals surface area (Å²) < 4.78 is 5.13. The van der Waals surface area contributed by atoms with E-state index in [1.54, 1.807) is 13.0 Å². The van der Waals surface area contributed by atoms with E-state index in [-0.39, 0.29) is 0 Å². The molecule has 16 heavy (non-hydrogen) atoms. The number of carbonyl (C=O) groups is 1. The van der Waals surface area contributed by atoms with Gasteiger partial charge in [-0.2, -0.15) is 0 Å². The van der Waals surface area contributed by atoms with Crippen LogP contribution in [0.15, 0.2) is 18.2 Å². The molecule has 1 aliphatic heterocycles. The van der Waals surface area contributed by atoms with E-state index in [0.717, 1.165) is 24.1 Å². The SMILES string of the molecule is CC1(OC(N)=O)NCCc2ccc(Cl)cc21. The topological polar surface area (TPSA) is 64.3 Å². The molecular formula is C11H13ClN2O2. The van der Waals surface area contributed by atoms with Crippen LogP contribution < -0.4 is 11.1 Å². The molecule has 5 heteroatoms. The molecule has 0 radical (unpaired) electrons. The fraction of sp³-hybridized carbons (Fsp3) is 0.364. The zero-order valence-electron chi connectivity index (χ0n) is 8.92. The molecule has 1 aromatic rings. The second-order valence-electron chi connectivity index (χ2n) is 3.93. The van der Waals surface area contributed by atoms with Crippen LogP contribution in [-0.2, 0) is 16.9 Å². The van der Waals surface area contributed by atoms with Gasteiger partial charge in [-0.1, -0.05) is 17.7 Å². The first-order chi connectivity index (χ1) is 7.51. The number of carbonyl (C=O) groups excluding carboxylic acids is 1. The summed E-state index contributed by atoms with van der Waals surface area (Å²) in [5, 5.41) is 3.74. The summed E-state index contributed by atoms with van der Waals surface area (Å²) >= 11 is 5.94. The van der Waals surface area contributed by atoms with Crippen molar-refractivity contribution in [1.82, 2.24) is 5.32 Å². The lowest BCUT2D eigenvalue weighted by atomic mass is 9.92. The van der Waals surface area contributed by atoms with E-state index in [0.29, 0.717) is 5.02 Å². The number of hydrogen-bond acceptors (Lipinski definition) is 3. The number of amides is 1. The summed E-state index contributed by atoms with van der Waals surface area (Å²) in [5.74, 6) is 0. The van der Waals surface area contributed by atoms with Crippen molar-refractivity contribution < 1.29 is 9.53 Å². The minimum absolute atomic E-state index is 0.613. The molecule has 1 amide bonds.